The van der Waals surface area contributed by atoms with E-state index in [1.54, 1.807) is 11.1 Å². The summed E-state index contributed by atoms with van der Waals surface area (Å²) in [7, 11) is 1.47. The molecule has 176 valence electrons. The normalized spacial score (nSPS) is 14.6. The number of methoxy groups -OCH3 is 1. The molecule has 1 aliphatic rings. The Morgan fingerprint density at radius 3 is 2.61 bits per heavy atom. The second kappa shape index (κ2) is 9.22. The Morgan fingerprint density at radius 1 is 1.15 bits per heavy atom. The fraction of sp³-hybridized carbons (Fsp3) is 0.435. The minimum absolute atomic E-state index is 0.0463. The first kappa shape index (κ1) is 22.8. The van der Waals surface area contributed by atoms with Crippen LogP contribution in [-0.4, -0.2) is 71.4 Å². The Bertz CT molecular complexity index is 1140. The predicted octanol–water partition coefficient (Wildman–Crippen LogP) is 3.60. The summed E-state index contributed by atoms with van der Waals surface area (Å²) in [5.74, 6) is -0.510. The highest BCUT2D eigenvalue weighted by Gasteiger charge is 2.26. The number of halogens is 1. The minimum Gasteiger partial charge on any atom is -0.464 e. The van der Waals surface area contributed by atoms with Gasteiger partial charge in [0.15, 0.2) is 18.4 Å². The maximum atomic E-state index is 14.9. The first-order valence-corrected chi connectivity index (χ1v) is 10.7. The highest BCUT2D eigenvalue weighted by atomic mass is 19.1. The zero-order valence-corrected chi connectivity index (χ0v) is 19.2. The second-order valence-electron chi connectivity index (χ2n) is 8.75. The molecule has 0 atom stereocenters. The van der Waals surface area contributed by atoms with Crippen LogP contribution < -0.4 is 9.64 Å². The lowest BCUT2D eigenvalue weighted by Crippen LogP contribution is -2.50. The number of fused-ring (bicyclic) bond motifs is 1. The number of piperazine rings is 1. The van der Waals surface area contributed by atoms with Crippen LogP contribution in [0.15, 0.2) is 36.7 Å². The third-order valence-electron chi connectivity index (χ3n) is 5.22. The zero-order valence-electron chi connectivity index (χ0n) is 19.2. The number of benzene rings is 1. The quantitative estimate of drug-likeness (QED) is 0.542. The van der Waals surface area contributed by atoms with Crippen LogP contribution in [0.4, 0.5) is 14.9 Å². The number of aromatic nitrogens is 3. The number of carbonyl (C=O) groups is 1. The number of anilines is 1. The average molecular weight is 458 g/mol. The lowest BCUT2D eigenvalue weighted by Gasteiger charge is -2.36. The molecule has 4 rings (SSSR count). The third kappa shape index (κ3) is 5.00. The van der Waals surface area contributed by atoms with Crippen LogP contribution in [-0.2, 0) is 9.47 Å². The molecule has 10 heteroatoms. The van der Waals surface area contributed by atoms with Crippen molar-refractivity contribution in [2.24, 2.45) is 0 Å². The van der Waals surface area contributed by atoms with E-state index in [2.05, 4.69) is 15.0 Å². The molecule has 3 aromatic rings. The lowest BCUT2D eigenvalue weighted by molar-refractivity contribution is 0.0240. The number of hydrogen-bond donors (Lipinski definition) is 0. The van der Waals surface area contributed by atoms with Crippen molar-refractivity contribution in [1.29, 1.82) is 0 Å². The molecule has 0 spiro atoms. The molecule has 1 aliphatic heterocycles. The van der Waals surface area contributed by atoms with Crippen molar-refractivity contribution in [3.63, 3.8) is 0 Å². The van der Waals surface area contributed by atoms with Crippen LogP contribution in [0.1, 0.15) is 20.8 Å². The number of rotatable bonds is 5. The summed E-state index contributed by atoms with van der Waals surface area (Å²) in [6.45, 7) is 8.06. The Morgan fingerprint density at radius 2 is 1.91 bits per heavy atom. The molecule has 1 fully saturated rings. The number of pyridine rings is 1. The van der Waals surface area contributed by atoms with Gasteiger partial charge in [-0.25, -0.2) is 14.5 Å². The largest absolute Gasteiger partial charge is 0.464 e. The standard InChI is InChI=1S/C23H28FN5O4/c1-23(2,3)33-22(30)28-11-9-27(10-12-28)17-5-6-18-16(13-17)14-26-29(18)21-20(24)19(7-8-25-21)32-15-31-4/h5-8,13-14H,9-12,15H2,1-4H3. The number of ether oxygens (including phenoxy) is 3. The number of hydrogen-bond acceptors (Lipinski definition) is 7. The first-order chi connectivity index (χ1) is 15.8. The van der Waals surface area contributed by atoms with E-state index in [1.807, 2.05) is 39.0 Å². The summed E-state index contributed by atoms with van der Waals surface area (Å²) in [5, 5.41) is 5.20. The summed E-state index contributed by atoms with van der Waals surface area (Å²) >= 11 is 0. The van der Waals surface area contributed by atoms with Crippen molar-refractivity contribution in [2.75, 3.05) is 45.0 Å². The van der Waals surface area contributed by atoms with Gasteiger partial charge in [0.05, 0.1) is 11.7 Å². The van der Waals surface area contributed by atoms with Gasteiger partial charge in [0.1, 0.15) is 5.60 Å². The van der Waals surface area contributed by atoms with Crippen LogP contribution in [0.2, 0.25) is 0 Å². The Kier molecular flexibility index (Phi) is 6.37. The molecule has 0 unspecified atom stereocenters. The zero-order chi connectivity index (χ0) is 23.6. The fourth-order valence-corrected chi connectivity index (χ4v) is 3.66. The minimum atomic E-state index is -0.609. The molecular weight excluding hydrogens is 429 g/mol. The van der Waals surface area contributed by atoms with Crippen molar-refractivity contribution >= 4 is 22.7 Å². The van der Waals surface area contributed by atoms with E-state index in [0.717, 1.165) is 16.6 Å². The van der Waals surface area contributed by atoms with Crippen molar-refractivity contribution in [2.45, 2.75) is 26.4 Å². The van der Waals surface area contributed by atoms with Gasteiger partial charge in [-0.2, -0.15) is 9.49 Å². The van der Waals surface area contributed by atoms with Gasteiger partial charge in [0, 0.05) is 56.6 Å². The molecule has 1 saturated heterocycles. The van der Waals surface area contributed by atoms with E-state index in [0.29, 0.717) is 26.2 Å². The second-order valence-corrected chi connectivity index (χ2v) is 8.75. The number of amides is 1. The third-order valence-corrected chi connectivity index (χ3v) is 5.22. The van der Waals surface area contributed by atoms with E-state index in [1.165, 1.54) is 24.1 Å². The maximum Gasteiger partial charge on any atom is 0.410 e. The van der Waals surface area contributed by atoms with Crippen molar-refractivity contribution in [3.8, 4) is 11.6 Å². The van der Waals surface area contributed by atoms with Crippen molar-refractivity contribution in [3.05, 3.63) is 42.5 Å². The molecule has 0 radical (unpaired) electrons. The van der Waals surface area contributed by atoms with E-state index < -0.39 is 11.4 Å². The van der Waals surface area contributed by atoms with E-state index >= 15 is 0 Å². The van der Waals surface area contributed by atoms with Crippen LogP contribution in [0.5, 0.6) is 5.75 Å². The molecule has 33 heavy (non-hydrogen) atoms. The molecular formula is C23H28FN5O4. The summed E-state index contributed by atoms with van der Waals surface area (Å²) in [6, 6.07) is 7.30. The van der Waals surface area contributed by atoms with E-state index in [-0.39, 0.29) is 24.5 Å². The number of carbonyl (C=O) groups excluding carboxylic acids is 1. The molecule has 0 aliphatic carbocycles. The molecule has 9 nitrogen and oxygen atoms in total. The SMILES string of the molecule is COCOc1ccnc(-n2ncc3cc(N4CCN(C(=O)OC(C)(C)C)CC4)ccc32)c1F. The van der Waals surface area contributed by atoms with Gasteiger partial charge in [-0.1, -0.05) is 0 Å². The van der Waals surface area contributed by atoms with Crippen LogP contribution in [0.25, 0.3) is 16.7 Å². The molecule has 0 bridgehead atoms. The van der Waals surface area contributed by atoms with Gasteiger partial charge in [0.2, 0.25) is 5.82 Å². The molecule has 2 aromatic heterocycles. The molecule has 1 aromatic carbocycles. The summed E-state index contributed by atoms with van der Waals surface area (Å²) in [5.41, 5.74) is 1.22. The average Bonchev–Trinajstić information content (AvgIpc) is 3.20. The van der Waals surface area contributed by atoms with Crippen LogP contribution in [0, 0.1) is 5.82 Å². The Labute approximate surface area is 191 Å². The first-order valence-electron chi connectivity index (χ1n) is 10.7. The van der Waals surface area contributed by atoms with Gasteiger partial charge in [-0.05, 0) is 39.0 Å². The van der Waals surface area contributed by atoms with E-state index in [4.69, 9.17) is 14.2 Å². The van der Waals surface area contributed by atoms with Crippen molar-refractivity contribution in [1.82, 2.24) is 19.7 Å². The number of nitrogens with zero attached hydrogens (tertiary/aromatic N) is 5. The smallest absolute Gasteiger partial charge is 0.410 e. The molecule has 1 amide bonds. The van der Waals surface area contributed by atoms with Gasteiger partial charge in [-0.3, -0.25) is 0 Å². The predicted molar refractivity (Wildman–Crippen MR) is 121 cm³/mol. The van der Waals surface area contributed by atoms with Gasteiger partial charge in [-0.15, -0.1) is 0 Å². The van der Waals surface area contributed by atoms with Crippen LogP contribution in [0.3, 0.4) is 0 Å². The summed E-state index contributed by atoms with van der Waals surface area (Å²) in [6.07, 6.45) is 2.86. The lowest BCUT2D eigenvalue weighted by atomic mass is 10.2. The molecule has 0 saturated carbocycles. The Balaban J connectivity index is 1.50. The monoisotopic (exact) mass is 457 g/mol. The molecule has 0 N–H and O–H groups in total. The topological polar surface area (TPSA) is 82.0 Å². The van der Waals surface area contributed by atoms with Crippen molar-refractivity contribution < 1.29 is 23.4 Å². The van der Waals surface area contributed by atoms with E-state index in [9.17, 15) is 9.18 Å². The Hall–Kier alpha value is -3.40. The summed E-state index contributed by atoms with van der Waals surface area (Å²) in [4.78, 5) is 20.4. The van der Waals surface area contributed by atoms with Crippen LogP contribution >= 0.6 is 0 Å². The fourth-order valence-electron chi connectivity index (χ4n) is 3.66. The van der Waals surface area contributed by atoms with Gasteiger partial charge >= 0.3 is 6.09 Å². The van der Waals surface area contributed by atoms with Gasteiger partial charge in [0.25, 0.3) is 0 Å². The summed E-state index contributed by atoms with van der Waals surface area (Å²) < 4.78 is 31.9. The highest BCUT2D eigenvalue weighted by molar-refractivity contribution is 5.84. The highest BCUT2D eigenvalue weighted by Crippen LogP contribution is 2.27. The maximum absolute atomic E-state index is 14.9. The molecule has 3 heterocycles. The van der Waals surface area contributed by atoms with Gasteiger partial charge < -0.3 is 24.0 Å².